The van der Waals surface area contributed by atoms with Crippen molar-refractivity contribution in [1.29, 1.82) is 0 Å². The van der Waals surface area contributed by atoms with E-state index in [1.54, 1.807) is 0 Å². The van der Waals surface area contributed by atoms with Crippen LogP contribution in [0.3, 0.4) is 0 Å². The lowest BCUT2D eigenvalue weighted by molar-refractivity contribution is -0.199. The van der Waals surface area contributed by atoms with Crippen molar-refractivity contribution in [2.24, 2.45) is 0 Å². The summed E-state index contributed by atoms with van der Waals surface area (Å²) in [4.78, 5) is 0. The van der Waals surface area contributed by atoms with E-state index in [0.717, 1.165) is 0 Å². The summed E-state index contributed by atoms with van der Waals surface area (Å²) in [5.41, 5.74) is 0. The van der Waals surface area contributed by atoms with Crippen LogP contribution in [0, 0.1) is 0 Å². The summed E-state index contributed by atoms with van der Waals surface area (Å²) in [6.07, 6.45) is -5.15. The molecule has 0 amide bonds. The maximum absolute atomic E-state index is 11.6. The van der Waals surface area contributed by atoms with Crippen molar-refractivity contribution in [3.63, 3.8) is 0 Å². The Hall–Kier alpha value is -0.280. The predicted molar refractivity (Wildman–Crippen MR) is 19.4 cm³/mol. The third kappa shape index (κ3) is 0.516. The van der Waals surface area contributed by atoms with Crippen LogP contribution < -0.4 is 0 Å². The highest BCUT2D eigenvalue weighted by Gasteiger charge is 2.59. The van der Waals surface area contributed by atoms with Gasteiger partial charge in [0.2, 0.25) is 0 Å². The summed E-state index contributed by atoms with van der Waals surface area (Å²) in [7, 11) is 0. The van der Waals surface area contributed by atoms with E-state index in [1.807, 2.05) is 0 Å². The van der Waals surface area contributed by atoms with Crippen molar-refractivity contribution in [2.75, 3.05) is 0 Å². The van der Waals surface area contributed by atoms with Gasteiger partial charge in [-0.1, -0.05) is 0 Å². The van der Waals surface area contributed by atoms with E-state index in [4.69, 9.17) is 0 Å². The highest BCUT2D eigenvalue weighted by Crippen LogP contribution is 2.42. The molecule has 0 nitrogen and oxygen atoms in total. The lowest BCUT2D eigenvalue weighted by atomic mass is 9.90. The first-order chi connectivity index (χ1) is 3.55. The molecule has 4 heteroatoms. The Kier molecular flexibility index (Phi) is 0.994. The van der Waals surface area contributed by atoms with Crippen LogP contribution in [-0.4, -0.2) is 18.3 Å². The summed E-state index contributed by atoms with van der Waals surface area (Å²) < 4.78 is 46.3. The summed E-state index contributed by atoms with van der Waals surface area (Å²) in [5, 5.41) is 0. The lowest BCUT2D eigenvalue weighted by Gasteiger charge is -2.33. The number of hydrogen-bond donors (Lipinski definition) is 0. The van der Waals surface area contributed by atoms with Crippen molar-refractivity contribution >= 4 is 0 Å². The first-order valence-corrected chi connectivity index (χ1v) is 2.21. The van der Waals surface area contributed by atoms with E-state index in [1.165, 1.54) is 0 Å². The van der Waals surface area contributed by atoms with Gasteiger partial charge in [-0.05, 0) is 0 Å². The fourth-order valence-corrected chi connectivity index (χ4v) is 0.532. The standard InChI is InChI=1S/C4H4F4/c5-2-1-3(6)4(2,7)8/h2-3H,1H2. The molecule has 0 aromatic rings. The molecule has 0 bridgehead atoms. The fraction of sp³-hybridized carbons (Fsp3) is 1.00. The number of halogens is 4. The van der Waals surface area contributed by atoms with Gasteiger partial charge in [-0.2, -0.15) is 0 Å². The van der Waals surface area contributed by atoms with Crippen molar-refractivity contribution in [3.8, 4) is 0 Å². The average molecular weight is 128 g/mol. The molecule has 1 saturated carbocycles. The molecule has 1 aliphatic rings. The van der Waals surface area contributed by atoms with Crippen LogP contribution in [0.15, 0.2) is 0 Å². The average Bonchev–Trinajstić information content (AvgIpc) is 1.68. The largest absolute Gasteiger partial charge is 0.309 e. The zero-order chi connectivity index (χ0) is 6.36. The quantitative estimate of drug-likeness (QED) is 0.435. The normalized spacial score (nSPS) is 43.5. The first-order valence-electron chi connectivity index (χ1n) is 2.21. The highest BCUT2D eigenvalue weighted by molar-refractivity contribution is 4.97. The van der Waals surface area contributed by atoms with Crippen molar-refractivity contribution in [3.05, 3.63) is 0 Å². The molecule has 2 atom stereocenters. The van der Waals surface area contributed by atoms with Gasteiger partial charge in [0.05, 0.1) is 0 Å². The molecule has 0 N–H and O–H groups in total. The third-order valence-corrected chi connectivity index (χ3v) is 1.25. The molecule has 0 heterocycles. The van der Waals surface area contributed by atoms with Crippen LogP contribution >= 0.6 is 0 Å². The van der Waals surface area contributed by atoms with Crippen molar-refractivity contribution in [2.45, 2.75) is 24.7 Å². The molecule has 1 rings (SSSR count). The van der Waals surface area contributed by atoms with Crippen LogP contribution in [0.25, 0.3) is 0 Å². The highest BCUT2D eigenvalue weighted by atomic mass is 19.3. The second-order valence-corrected chi connectivity index (χ2v) is 1.85. The number of alkyl halides is 4. The van der Waals surface area contributed by atoms with Crippen LogP contribution in [-0.2, 0) is 0 Å². The monoisotopic (exact) mass is 128 g/mol. The fourth-order valence-electron chi connectivity index (χ4n) is 0.532. The smallest absolute Gasteiger partial charge is 0.241 e. The molecule has 1 fully saturated rings. The molecule has 2 unspecified atom stereocenters. The molecule has 0 spiro atoms. The Balaban J connectivity index is 2.52. The second-order valence-electron chi connectivity index (χ2n) is 1.85. The van der Waals surface area contributed by atoms with E-state index in [0.29, 0.717) is 0 Å². The Morgan fingerprint density at radius 3 is 1.50 bits per heavy atom. The van der Waals surface area contributed by atoms with Gasteiger partial charge >= 0.3 is 5.92 Å². The van der Waals surface area contributed by atoms with Gasteiger partial charge in [0.15, 0.2) is 12.3 Å². The van der Waals surface area contributed by atoms with E-state index >= 15 is 0 Å². The van der Waals surface area contributed by atoms with Crippen molar-refractivity contribution in [1.82, 2.24) is 0 Å². The van der Waals surface area contributed by atoms with Crippen molar-refractivity contribution < 1.29 is 17.6 Å². The molecule has 0 aromatic heterocycles. The molecule has 0 saturated heterocycles. The zero-order valence-electron chi connectivity index (χ0n) is 3.87. The van der Waals surface area contributed by atoms with Gasteiger partial charge in [-0.15, -0.1) is 0 Å². The molecule has 48 valence electrons. The summed E-state index contributed by atoms with van der Waals surface area (Å²) in [6.45, 7) is 0. The van der Waals surface area contributed by atoms with E-state index in [2.05, 4.69) is 0 Å². The van der Waals surface area contributed by atoms with Gasteiger partial charge in [0, 0.05) is 6.42 Å². The van der Waals surface area contributed by atoms with Crippen LogP contribution in [0.4, 0.5) is 17.6 Å². The van der Waals surface area contributed by atoms with Gasteiger partial charge in [-0.25, -0.2) is 17.6 Å². The topological polar surface area (TPSA) is 0 Å². The number of hydrogen-bond acceptors (Lipinski definition) is 0. The van der Waals surface area contributed by atoms with Gasteiger partial charge in [0.25, 0.3) is 0 Å². The van der Waals surface area contributed by atoms with Gasteiger partial charge in [-0.3, -0.25) is 0 Å². The minimum absolute atomic E-state index is 0.646. The minimum Gasteiger partial charge on any atom is -0.241 e. The molecule has 8 heavy (non-hydrogen) atoms. The Bertz CT molecular complexity index is 90.2. The molecular formula is C4H4F4. The maximum Gasteiger partial charge on any atom is 0.309 e. The first kappa shape index (κ1) is 5.85. The predicted octanol–water partition coefficient (Wildman–Crippen LogP) is 1.70. The minimum atomic E-state index is -3.69. The molecule has 0 radical (unpaired) electrons. The summed E-state index contributed by atoms with van der Waals surface area (Å²) in [6, 6.07) is 0. The molecular weight excluding hydrogens is 124 g/mol. The third-order valence-electron chi connectivity index (χ3n) is 1.25. The number of rotatable bonds is 0. The van der Waals surface area contributed by atoms with Crippen LogP contribution in [0.2, 0.25) is 0 Å². The Morgan fingerprint density at radius 2 is 1.50 bits per heavy atom. The van der Waals surface area contributed by atoms with Gasteiger partial charge < -0.3 is 0 Å². The van der Waals surface area contributed by atoms with Gasteiger partial charge in [0.1, 0.15) is 0 Å². The van der Waals surface area contributed by atoms with Crippen LogP contribution in [0.5, 0.6) is 0 Å². The second kappa shape index (κ2) is 1.36. The zero-order valence-corrected chi connectivity index (χ0v) is 3.87. The Morgan fingerprint density at radius 1 is 1.12 bits per heavy atom. The summed E-state index contributed by atoms with van der Waals surface area (Å²) in [5.74, 6) is -3.69. The van der Waals surface area contributed by atoms with E-state index < -0.39 is 24.7 Å². The Labute approximate surface area is 43.5 Å². The molecule has 0 aliphatic heterocycles. The van der Waals surface area contributed by atoms with E-state index in [9.17, 15) is 17.6 Å². The summed E-state index contributed by atoms with van der Waals surface area (Å²) >= 11 is 0. The van der Waals surface area contributed by atoms with Crippen LogP contribution in [0.1, 0.15) is 6.42 Å². The van der Waals surface area contributed by atoms with E-state index in [-0.39, 0.29) is 0 Å². The molecule has 1 aliphatic carbocycles. The maximum atomic E-state index is 11.6. The lowest BCUT2D eigenvalue weighted by Crippen LogP contribution is -2.52. The SMILES string of the molecule is FC1CC(F)C1(F)F. The molecule has 0 aromatic carbocycles.